The number of carbonyl (C=O) groups excluding carboxylic acids is 1. The molecule has 3 aliphatic heterocycles. The summed E-state index contributed by atoms with van der Waals surface area (Å²) in [5, 5.41) is 3.28. The Bertz CT molecular complexity index is 950. The Kier molecular flexibility index (Phi) is 5.53. The smallest absolute Gasteiger partial charge is 0.255 e. The summed E-state index contributed by atoms with van der Waals surface area (Å²) < 4.78 is 16.7. The topological polar surface area (TPSA) is 60.0 Å². The van der Waals surface area contributed by atoms with Gasteiger partial charge < -0.3 is 19.5 Å². The predicted molar refractivity (Wildman–Crippen MR) is 111 cm³/mol. The lowest BCUT2D eigenvalue weighted by Gasteiger charge is -2.25. The minimum Gasteiger partial charge on any atom is -0.493 e. The molecule has 1 fully saturated rings. The number of hydrogen-bond donors (Lipinski definition) is 1. The largest absolute Gasteiger partial charge is 0.493 e. The number of rotatable bonds is 5. The molecule has 1 atom stereocenters. The number of nitrogens with one attached hydrogen (secondary N) is 1. The average molecular weight is 392 g/mol. The number of hydrogen-bond acceptors (Lipinski definition) is 5. The molecule has 0 aromatic heterocycles. The molecule has 0 bridgehead atoms. The summed E-state index contributed by atoms with van der Waals surface area (Å²) in [5.41, 5.74) is 2.46. The van der Waals surface area contributed by atoms with Crippen LogP contribution in [0.1, 0.15) is 12.0 Å². The third-order valence-corrected chi connectivity index (χ3v) is 5.05. The van der Waals surface area contributed by atoms with E-state index in [1.165, 1.54) is 0 Å². The second-order valence-electron chi connectivity index (χ2n) is 6.93. The summed E-state index contributed by atoms with van der Waals surface area (Å²) >= 11 is 0. The molecule has 1 amide bonds. The van der Waals surface area contributed by atoms with Crippen molar-refractivity contribution in [3.63, 3.8) is 0 Å². The van der Waals surface area contributed by atoms with E-state index >= 15 is 0 Å². The van der Waals surface area contributed by atoms with Crippen LogP contribution in [0.15, 0.2) is 72.3 Å². The second kappa shape index (κ2) is 8.41. The van der Waals surface area contributed by atoms with Crippen molar-refractivity contribution in [2.75, 3.05) is 27.3 Å². The normalized spacial score (nSPS) is 22.7. The maximum Gasteiger partial charge on any atom is 0.255 e. The molecule has 3 heterocycles. The first-order valence-electron chi connectivity index (χ1n) is 9.61. The van der Waals surface area contributed by atoms with Gasteiger partial charge in [0, 0.05) is 18.3 Å². The van der Waals surface area contributed by atoms with Crippen LogP contribution in [0.5, 0.6) is 11.5 Å². The molecule has 6 heteroatoms. The molecule has 1 N–H and O–H groups in total. The fraction of sp³-hybridized carbons (Fsp3) is 0.261. The predicted octanol–water partition coefficient (Wildman–Crippen LogP) is 3.16. The number of ether oxygens (including phenoxy) is 3. The Morgan fingerprint density at radius 3 is 2.72 bits per heavy atom. The molecule has 1 aromatic carbocycles. The Morgan fingerprint density at radius 2 is 1.97 bits per heavy atom. The molecule has 1 aromatic rings. The number of benzene rings is 1. The number of nitrogens with zero attached hydrogens (tertiary/aromatic N) is 1. The number of fused-ring (bicyclic) bond motifs is 1. The molecular weight excluding hydrogens is 368 g/mol. The summed E-state index contributed by atoms with van der Waals surface area (Å²) in [7, 11) is 3.19. The third-order valence-electron chi connectivity index (χ3n) is 5.05. The minimum atomic E-state index is -0.139. The highest BCUT2D eigenvalue weighted by molar-refractivity contribution is 6.00. The van der Waals surface area contributed by atoms with Crippen LogP contribution in [-0.4, -0.2) is 44.2 Å². The van der Waals surface area contributed by atoms with Gasteiger partial charge in [-0.3, -0.25) is 9.69 Å². The van der Waals surface area contributed by atoms with Crippen LogP contribution in [0.4, 0.5) is 0 Å². The van der Waals surface area contributed by atoms with Gasteiger partial charge in [-0.25, -0.2) is 0 Å². The maximum atomic E-state index is 13.0. The first-order chi connectivity index (χ1) is 14.2. The quantitative estimate of drug-likeness (QED) is 0.834. The van der Waals surface area contributed by atoms with Crippen LogP contribution in [0, 0.1) is 0 Å². The average Bonchev–Trinajstić information content (AvgIpc) is 3.25. The van der Waals surface area contributed by atoms with E-state index < -0.39 is 0 Å². The molecule has 0 aliphatic carbocycles. The Morgan fingerprint density at radius 1 is 1.10 bits per heavy atom. The Balaban J connectivity index is 1.62. The molecule has 0 saturated carbocycles. The van der Waals surface area contributed by atoms with Gasteiger partial charge in [-0.2, -0.15) is 0 Å². The maximum absolute atomic E-state index is 13.0. The lowest BCUT2D eigenvalue weighted by Crippen LogP contribution is -2.27. The van der Waals surface area contributed by atoms with Crippen molar-refractivity contribution < 1.29 is 19.0 Å². The molecule has 1 saturated heterocycles. The molecule has 0 unspecified atom stereocenters. The van der Waals surface area contributed by atoms with Crippen molar-refractivity contribution in [1.29, 1.82) is 0 Å². The standard InChI is InChI=1S/C23H24N2O4/c1-27-21-9-6-17(12-22(21)28-2)16-4-3-5-18-7-8-20(15-25(18)23(26)13-16)29-19-10-11-24-14-19/h3-9,12-13,15,19,24H,10-11,14H2,1-2H3/b4-3?,16-13?,18-5+/t19-/m0/s1. The summed E-state index contributed by atoms with van der Waals surface area (Å²) in [6, 6.07) is 5.60. The highest BCUT2D eigenvalue weighted by atomic mass is 16.5. The van der Waals surface area contributed by atoms with Crippen molar-refractivity contribution in [2.45, 2.75) is 12.5 Å². The highest BCUT2D eigenvalue weighted by Gasteiger charge is 2.22. The monoisotopic (exact) mass is 392 g/mol. The molecule has 6 nitrogen and oxygen atoms in total. The van der Waals surface area contributed by atoms with Crippen molar-refractivity contribution in [1.82, 2.24) is 10.2 Å². The fourth-order valence-corrected chi connectivity index (χ4v) is 3.51. The van der Waals surface area contributed by atoms with Crippen LogP contribution in [0.25, 0.3) is 5.57 Å². The molecule has 0 radical (unpaired) electrons. The van der Waals surface area contributed by atoms with Gasteiger partial charge in [-0.1, -0.05) is 18.2 Å². The number of allylic oxidation sites excluding steroid dienone is 6. The van der Waals surface area contributed by atoms with E-state index in [0.29, 0.717) is 17.3 Å². The van der Waals surface area contributed by atoms with Crippen molar-refractivity contribution in [2.24, 2.45) is 0 Å². The van der Waals surface area contributed by atoms with Gasteiger partial charge in [0.1, 0.15) is 11.9 Å². The van der Waals surface area contributed by atoms with Crippen LogP contribution < -0.4 is 14.8 Å². The van der Waals surface area contributed by atoms with Crippen molar-refractivity contribution in [3.8, 4) is 11.5 Å². The summed E-state index contributed by atoms with van der Waals surface area (Å²) in [5.74, 6) is 1.81. The van der Waals surface area contributed by atoms with Crippen molar-refractivity contribution >= 4 is 11.5 Å². The molecule has 150 valence electrons. The summed E-state index contributed by atoms with van der Waals surface area (Å²) in [6.07, 6.45) is 14.0. The van der Waals surface area contributed by atoms with Crippen molar-refractivity contribution in [3.05, 3.63) is 77.9 Å². The Labute approximate surface area is 170 Å². The third kappa shape index (κ3) is 4.12. The van der Waals surface area contributed by atoms with E-state index in [1.54, 1.807) is 31.4 Å². The lowest BCUT2D eigenvalue weighted by atomic mass is 10.0. The molecule has 0 spiro atoms. The molecule has 3 aliphatic rings. The highest BCUT2D eigenvalue weighted by Crippen LogP contribution is 2.32. The van der Waals surface area contributed by atoms with Gasteiger partial charge in [0.15, 0.2) is 11.5 Å². The van der Waals surface area contributed by atoms with Crippen LogP contribution >= 0.6 is 0 Å². The zero-order valence-corrected chi connectivity index (χ0v) is 16.6. The van der Waals surface area contributed by atoms with Crippen LogP contribution in [0.3, 0.4) is 0 Å². The SMILES string of the molecule is COc1ccc(C2=CC(=O)N3C=C(O[C@H]4CCNC4)C=C/C3=C\C=C2)cc1OC. The second-order valence-corrected chi connectivity index (χ2v) is 6.93. The lowest BCUT2D eigenvalue weighted by molar-refractivity contribution is -0.122. The minimum absolute atomic E-state index is 0.138. The first kappa shape index (κ1) is 19.1. The van der Waals surface area contributed by atoms with Crippen LogP contribution in [-0.2, 0) is 9.53 Å². The van der Waals surface area contributed by atoms with Gasteiger partial charge in [-0.05, 0) is 54.5 Å². The van der Waals surface area contributed by atoms with Gasteiger partial charge >= 0.3 is 0 Å². The van der Waals surface area contributed by atoms with Crippen LogP contribution in [0.2, 0.25) is 0 Å². The first-order valence-corrected chi connectivity index (χ1v) is 9.61. The van der Waals surface area contributed by atoms with E-state index in [0.717, 1.165) is 36.3 Å². The van der Waals surface area contributed by atoms with Gasteiger partial charge in [0.2, 0.25) is 0 Å². The van der Waals surface area contributed by atoms with E-state index in [2.05, 4.69) is 5.32 Å². The van der Waals surface area contributed by atoms with E-state index in [9.17, 15) is 4.79 Å². The van der Waals surface area contributed by atoms with E-state index in [4.69, 9.17) is 14.2 Å². The zero-order valence-electron chi connectivity index (χ0n) is 16.6. The molecule has 29 heavy (non-hydrogen) atoms. The summed E-state index contributed by atoms with van der Waals surface area (Å²) in [6.45, 7) is 1.78. The van der Waals surface area contributed by atoms with E-state index in [1.807, 2.05) is 48.6 Å². The Hall–Kier alpha value is -3.25. The molecular formula is C23H24N2O4. The molecule has 4 rings (SSSR count). The van der Waals surface area contributed by atoms with E-state index in [-0.39, 0.29) is 12.0 Å². The summed E-state index contributed by atoms with van der Waals surface area (Å²) in [4.78, 5) is 14.6. The van der Waals surface area contributed by atoms with Gasteiger partial charge in [0.05, 0.1) is 20.4 Å². The number of carbonyl (C=O) groups is 1. The number of amides is 1. The zero-order chi connectivity index (χ0) is 20.2. The number of methoxy groups -OCH3 is 2. The fourth-order valence-electron chi connectivity index (χ4n) is 3.51. The van der Waals surface area contributed by atoms with Gasteiger partial charge in [-0.15, -0.1) is 0 Å². The van der Waals surface area contributed by atoms with Gasteiger partial charge in [0.25, 0.3) is 5.91 Å².